The minimum Gasteiger partial charge on any atom is -0.508 e. The van der Waals surface area contributed by atoms with Gasteiger partial charge in [-0.15, -0.1) is 59.3 Å². The van der Waals surface area contributed by atoms with Crippen LogP contribution in [0.25, 0.3) is 21.5 Å². The first-order valence-electron chi connectivity index (χ1n) is 15.6. The summed E-state index contributed by atoms with van der Waals surface area (Å²) in [4.78, 5) is 0. The van der Waals surface area contributed by atoms with Crippen LogP contribution in [0.15, 0.2) is 121 Å². The fraction of sp³-hybridized carbons (Fsp3) is 0.286. The van der Waals surface area contributed by atoms with Gasteiger partial charge in [0.2, 0.25) is 0 Å². The molecule has 0 bridgehead atoms. The average Bonchev–Trinajstić information content (AvgIpc) is 3.66. The summed E-state index contributed by atoms with van der Waals surface area (Å²) in [5.74, 6) is 0.793. The zero-order chi connectivity index (χ0) is 33.6. The van der Waals surface area contributed by atoms with E-state index in [9.17, 15) is 10.2 Å². The summed E-state index contributed by atoms with van der Waals surface area (Å²) in [5, 5.41) is 24.5. The molecule has 46 heavy (non-hydrogen) atoms. The van der Waals surface area contributed by atoms with Gasteiger partial charge in [-0.05, 0) is 47.9 Å². The minimum atomic E-state index is 0. The summed E-state index contributed by atoms with van der Waals surface area (Å²) in [6.07, 6.45) is 0. The van der Waals surface area contributed by atoms with Crippen molar-refractivity contribution in [1.29, 1.82) is 0 Å². The van der Waals surface area contributed by atoms with Crippen molar-refractivity contribution in [3.8, 4) is 11.5 Å². The Morgan fingerprint density at radius 2 is 0.848 bits per heavy atom. The van der Waals surface area contributed by atoms with Gasteiger partial charge in [-0.25, -0.2) is 0 Å². The second kappa shape index (κ2) is 19.5. The van der Waals surface area contributed by atoms with Crippen molar-refractivity contribution >= 4 is 31.1 Å². The van der Waals surface area contributed by atoms with E-state index in [2.05, 4.69) is 140 Å². The largest absolute Gasteiger partial charge is 2.00 e. The van der Waals surface area contributed by atoms with Crippen molar-refractivity contribution in [2.75, 3.05) is 0 Å². The predicted molar refractivity (Wildman–Crippen MR) is 200 cm³/mol. The molecule has 6 rings (SSSR count). The Bertz CT molecular complexity index is 1530. The molecule has 0 saturated heterocycles. The van der Waals surface area contributed by atoms with E-state index in [-0.39, 0.29) is 37.0 Å². The van der Waals surface area contributed by atoms with Crippen LogP contribution in [-0.2, 0) is 37.0 Å². The van der Waals surface area contributed by atoms with Crippen LogP contribution in [0.5, 0.6) is 11.5 Å². The fourth-order valence-corrected chi connectivity index (χ4v) is 4.64. The molecule has 0 aliphatic rings. The van der Waals surface area contributed by atoms with Crippen molar-refractivity contribution in [2.24, 2.45) is 0 Å². The maximum atomic E-state index is 9.57. The van der Waals surface area contributed by atoms with Crippen molar-refractivity contribution in [3.05, 3.63) is 144 Å². The van der Waals surface area contributed by atoms with Gasteiger partial charge in [-0.2, -0.15) is 35.0 Å². The van der Waals surface area contributed by atoms with Crippen LogP contribution >= 0.6 is 0 Å². The number of rotatable bonds is 0. The van der Waals surface area contributed by atoms with Gasteiger partial charge >= 0.3 is 26.2 Å². The van der Waals surface area contributed by atoms with Crippen LogP contribution in [-0.4, -0.2) is 19.7 Å². The third-order valence-electron chi connectivity index (χ3n) is 7.02. The number of phenolic OH excluding ortho intramolecular Hbond substituents is 2. The number of phenols is 2. The van der Waals surface area contributed by atoms with Crippen LogP contribution in [0.1, 0.15) is 63.8 Å². The Balaban J connectivity index is 0.000000297. The van der Waals surface area contributed by atoms with Crippen molar-refractivity contribution in [1.82, 2.24) is 0 Å². The van der Waals surface area contributed by atoms with Crippen LogP contribution in [0.3, 0.4) is 0 Å². The monoisotopic (exact) mass is 706 g/mol. The Hall–Kier alpha value is -3.20. The molecule has 2 N–H and O–H groups in total. The molecule has 6 aromatic carbocycles. The Kier molecular flexibility index (Phi) is 17.3. The first-order valence-corrected chi connectivity index (χ1v) is 17.6. The first kappa shape index (κ1) is 40.8. The summed E-state index contributed by atoms with van der Waals surface area (Å²) in [6.45, 7) is 21.0. The second-order valence-corrected chi connectivity index (χ2v) is 14.4. The van der Waals surface area contributed by atoms with Gasteiger partial charge in [0.05, 0.1) is 0 Å². The molecular formula is C42H52O2SiZr. The normalized spacial score (nSPS) is 10.5. The van der Waals surface area contributed by atoms with E-state index in [1.807, 2.05) is 38.1 Å². The topological polar surface area (TPSA) is 40.5 Å². The Labute approximate surface area is 300 Å². The molecule has 0 saturated carbocycles. The van der Waals surface area contributed by atoms with Gasteiger partial charge in [0.15, 0.2) is 0 Å². The molecule has 240 valence electrons. The molecule has 2 nitrogen and oxygen atoms in total. The van der Waals surface area contributed by atoms with Crippen LogP contribution in [0.4, 0.5) is 0 Å². The van der Waals surface area contributed by atoms with Crippen molar-refractivity contribution in [2.45, 2.75) is 79.3 Å². The number of benzene rings is 4. The second-order valence-electron chi connectivity index (χ2n) is 13.4. The van der Waals surface area contributed by atoms with Gasteiger partial charge in [0, 0.05) is 9.52 Å². The molecule has 0 unspecified atom stereocenters. The Morgan fingerprint density at radius 3 is 1.13 bits per heavy atom. The van der Waals surface area contributed by atoms with Gasteiger partial charge in [0.25, 0.3) is 0 Å². The van der Waals surface area contributed by atoms with Crippen LogP contribution < -0.4 is 0 Å². The molecule has 0 atom stereocenters. The number of fused-ring (bicyclic) bond motifs is 2. The standard InChI is InChI=1S/2C11H16O.2C9H7.C2H6Si.Zr/c2*1-8-5-6-10(12)9(7-8)11(2,3)4;2*1-2-5-9-7-3-6-8(9)4-1;1-3-2;/h2*5-7,12H,1-4H3;2*1-7H;1-2H3;/q;;2*-1;;+2. The molecule has 2 radical (unpaired) electrons. The van der Waals surface area contributed by atoms with E-state index in [0.29, 0.717) is 11.5 Å². The van der Waals surface area contributed by atoms with Gasteiger partial charge in [-0.3, -0.25) is 0 Å². The molecule has 0 heterocycles. The maximum Gasteiger partial charge on any atom is 2.00 e. The molecule has 0 amide bonds. The zero-order valence-corrected chi connectivity index (χ0v) is 32.9. The maximum absolute atomic E-state index is 9.57. The summed E-state index contributed by atoms with van der Waals surface area (Å²) in [6, 6.07) is 40.8. The smallest absolute Gasteiger partial charge is 0.508 e. The minimum absolute atomic E-state index is 0. The molecule has 0 spiro atoms. The average molecular weight is 708 g/mol. The Morgan fingerprint density at radius 1 is 0.522 bits per heavy atom. The molecule has 0 aliphatic heterocycles. The van der Waals surface area contributed by atoms with E-state index >= 15 is 0 Å². The van der Waals surface area contributed by atoms with Gasteiger partial charge in [-0.1, -0.05) is 102 Å². The molecular weight excluding hydrogens is 656 g/mol. The SMILES string of the molecule is C[Si]C.Cc1ccc(O)c(C(C)(C)C)c1.Cc1ccc(O)c(C(C)(C)C)c1.[Zr+2].c1ccc2[cH-]ccc2c1.c1ccc2[cH-]ccc2c1. The zero-order valence-electron chi connectivity index (χ0n) is 29.4. The number of hydrogen-bond donors (Lipinski definition) is 2. The molecule has 0 fully saturated rings. The predicted octanol–water partition coefficient (Wildman–Crippen LogP) is 11.9. The van der Waals surface area contributed by atoms with E-state index in [4.69, 9.17) is 0 Å². The first-order chi connectivity index (χ1) is 21.2. The van der Waals surface area contributed by atoms with Crippen LogP contribution in [0.2, 0.25) is 13.1 Å². The van der Waals surface area contributed by atoms with E-state index in [1.54, 1.807) is 12.1 Å². The molecule has 0 aliphatic carbocycles. The number of aromatic hydroxyl groups is 2. The fourth-order valence-electron chi connectivity index (χ4n) is 4.64. The van der Waals surface area contributed by atoms with Gasteiger partial charge < -0.3 is 10.2 Å². The molecule has 6 aromatic rings. The van der Waals surface area contributed by atoms with Crippen molar-refractivity contribution in [3.63, 3.8) is 0 Å². The summed E-state index contributed by atoms with van der Waals surface area (Å²) in [5.41, 5.74) is 4.46. The summed E-state index contributed by atoms with van der Waals surface area (Å²) >= 11 is 0. The number of hydrogen-bond acceptors (Lipinski definition) is 2. The van der Waals surface area contributed by atoms with E-state index < -0.39 is 0 Å². The third kappa shape index (κ3) is 13.7. The van der Waals surface area contributed by atoms with Gasteiger partial charge in [0.1, 0.15) is 11.5 Å². The summed E-state index contributed by atoms with van der Waals surface area (Å²) in [7, 11) is 1.08. The van der Waals surface area contributed by atoms with Crippen molar-refractivity contribution < 1.29 is 36.4 Å². The third-order valence-corrected chi connectivity index (χ3v) is 7.02. The molecule has 0 aromatic heterocycles. The van der Waals surface area contributed by atoms with E-state index in [0.717, 1.165) is 20.6 Å². The van der Waals surface area contributed by atoms with Crippen LogP contribution in [0, 0.1) is 13.8 Å². The quantitative estimate of drug-likeness (QED) is 0.122. The molecule has 4 heteroatoms. The van der Waals surface area contributed by atoms with E-state index in [1.165, 1.54) is 32.7 Å². The summed E-state index contributed by atoms with van der Waals surface area (Å²) < 4.78 is 0. The number of aryl methyl sites for hydroxylation is 2.